The van der Waals surface area contributed by atoms with Crippen LogP contribution in [0, 0.1) is 31.1 Å². The van der Waals surface area contributed by atoms with E-state index < -0.39 is 25.3 Å². The molecule has 8 atom stereocenters. The first-order valence-electron chi connectivity index (χ1n) is 10.3. The molecule has 1 saturated heterocycles. The van der Waals surface area contributed by atoms with E-state index in [1.807, 2.05) is 0 Å². The quantitative estimate of drug-likeness (QED) is 0.221. The SMILES string of the molecule is C[N-][Si](C)(C)C1C2CCCCC2C2C3CCCCC3P(C)C21.[CH3-].[Cl][Ti][Cl]. The van der Waals surface area contributed by atoms with Gasteiger partial charge in [-0.25, -0.2) is 0 Å². The molecule has 4 fully saturated rings. The van der Waals surface area contributed by atoms with Crippen molar-refractivity contribution >= 4 is 34.8 Å². The van der Waals surface area contributed by atoms with E-state index in [1.165, 1.54) is 25.7 Å². The standard InChI is InChI=1S/C19H35NPSi.CH3.2ClH.Ti/c1-20-22(3,4)19-14-10-6-5-9-13(14)17-15-11-7-8-12-16(15)21(2)18(17)19;;;;/h13-19H,5-12H2,1-4H3;1H3;2*1H;/q2*-1;;;+2/p-2. The van der Waals surface area contributed by atoms with Crippen LogP contribution in [0.4, 0.5) is 0 Å². The number of hydrogen-bond donors (Lipinski definition) is 0. The van der Waals surface area contributed by atoms with E-state index in [9.17, 15) is 0 Å². The van der Waals surface area contributed by atoms with Crippen LogP contribution >= 0.6 is 26.5 Å². The van der Waals surface area contributed by atoms with Crippen LogP contribution in [0.25, 0.3) is 4.98 Å². The Labute approximate surface area is 182 Å². The maximum absolute atomic E-state index is 5.05. The third-order valence-corrected chi connectivity index (χ3v) is 15.4. The number of halogens is 2. The third-order valence-electron chi connectivity index (χ3n) is 8.25. The van der Waals surface area contributed by atoms with E-state index in [0.717, 1.165) is 40.5 Å². The Morgan fingerprint density at radius 2 is 1.42 bits per heavy atom. The molecule has 8 unspecified atom stereocenters. The molecule has 0 amide bonds. The van der Waals surface area contributed by atoms with E-state index in [4.69, 9.17) is 23.6 Å². The van der Waals surface area contributed by atoms with Crippen LogP contribution in [0.2, 0.25) is 18.6 Å². The average molecular weight is 470 g/mol. The molecule has 0 aromatic carbocycles. The van der Waals surface area contributed by atoms with E-state index in [1.54, 1.807) is 25.7 Å². The van der Waals surface area contributed by atoms with Crippen LogP contribution in [-0.4, -0.2) is 33.3 Å². The van der Waals surface area contributed by atoms with Gasteiger partial charge in [0.1, 0.15) is 0 Å². The zero-order chi connectivity index (χ0) is 18.2. The predicted octanol–water partition coefficient (Wildman–Crippen LogP) is 7.88. The molecule has 1 heterocycles. The first kappa shape index (κ1) is 24.2. The van der Waals surface area contributed by atoms with Gasteiger partial charge in [-0.15, -0.1) is 7.92 Å². The van der Waals surface area contributed by atoms with Crippen LogP contribution < -0.4 is 0 Å². The van der Waals surface area contributed by atoms with Crippen molar-refractivity contribution in [1.82, 2.24) is 0 Å². The summed E-state index contributed by atoms with van der Waals surface area (Å²) in [5.41, 5.74) is 3.29. The van der Waals surface area contributed by atoms with E-state index in [2.05, 4.69) is 26.8 Å². The monoisotopic (exact) mass is 469 g/mol. The minimum atomic E-state index is -1.40. The second-order valence-electron chi connectivity index (χ2n) is 9.34. The normalized spacial score (nSPS) is 43.9. The molecule has 6 heteroatoms. The summed E-state index contributed by atoms with van der Waals surface area (Å²) in [4.78, 5) is 5.05. The molecule has 0 spiro atoms. The maximum atomic E-state index is 5.05. The molecule has 0 aromatic rings. The molecule has 0 radical (unpaired) electrons. The molecule has 3 aliphatic carbocycles. The van der Waals surface area contributed by atoms with Gasteiger partial charge in [-0.05, 0) is 60.9 Å². The summed E-state index contributed by atoms with van der Waals surface area (Å²) >= 11 is -0.556. The summed E-state index contributed by atoms with van der Waals surface area (Å²) in [6.45, 7) is 7.90. The first-order valence-corrected chi connectivity index (χ1v) is 19.5. The summed E-state index contributed by atoms with van der Waals surface area (Å²) in [5.74, 6) is 4.44. The van der Waals surface area contributed by atoms with Crippen LogP contribution in [0.15, 0.2) is 0 Å². The van der Waals surface area contributed by atoms with Crippen molar-refractivity contribution in [3.63, 3.8) is 0 Å². The molecule has 4 rings (SSSR count). The van der Waals surface area contributed by atoms with Gasteiger partial charge in [0.25, 0.3) is 0 Å². The van der Waals surface area contributed by atoms with Gasteiger partial charge < -0.3 is 12.4 Å². The molecular weight excluding hydrogens is 432 g/mol. The fourth-order valence-electron chi connectivity index (χ4n) is 7.36. The van der Waals surface area contributed by atoms with Crippen LogP contribution in [0.5, 0.6) is 0 Å². The fraction of sp³-hybridized carbons (Fsp3) is 0.950. The summed E-state index contributed by atoms with van der Waals surface area (Å²) in [6, 6.07) is 0. The van der Waals surface area contributed by atoms with Crippen molar-refractivity contribution in [3.05, 3.63) is 12.4 Å². The number of nitrogens with zero attached hydrogens (tertiary/aromatic N) is 1. The molecule has 3 saturated carbocycles. The molecule has 0 bridgehead atoms. The Hall–Kier alpha value is 1.90. The Bertz CT molecular complexity index is 456. The van der Waals surface area contributed by atoms with Crippen molar-refractivity contribution in [2.24, 2.45) is 23.7 Å². The van der Waals surface area contributed by atoms with Crippen LogP contribution in [0.1, 0.15) is 51.4 Å². The molecule has 26 heavy (non-hydrogen) atoms. The van der Waals surface area contributed by atoms with Crippen LogP contribution in [0.3, 0.4) is 0 Å². The van der Waals surface area contributed by atoms with Gasteiger partial charge in [-0.1, -0.05) is 59.0 Å². The van der Waals surface area contributed by atoms with E-state index in [-0.39, 0.29) is 15.3 Å². The van der Waals surface area contributed by atoms with Crippen molar-refractivity contribution in [1.29, 1.82) is 0 Å². The summed E-state index contributed by atoms with van der Waals surface area (Å²) in [6.07, 6.45) is 12.4. The van der Waals surface area contributed by atoms with E-state index >= 15 is 0 Å². The van der Waals surface area contributed by atoms with Crippen molar-refractivity contribution in [3.8, 4) is 0 Å². The second kappa shape index (κ2) is 10.3. The molecule has 1 aliphatic heterocycles. The van der Waals surface area contributed by atoms with Gasteiger partial charge >= 0.3 is 35.6 Å². The Morgan fingerprint density at radius 1 is 0.923 bits per heavy atom. The average Bonchev–Trinajstić information content (AvgIpc) is 3.10. The second-order valence-corrected chi connectivity index (χ2v) is 18.9. The molecule has 0 N–H and O–H groups in total. The number of hydrogen-bond acceptors (Lipinski definition) is 0. The van der Waals surface area contributed by atoms with Crippen molar-refractivity contribution in [2.75, 3.05) is 13.7 Å². The topological polar surface area (TPSA) is 14.1 Å². The minimum absolute atomic E-state index is 0. The first-order chi connectivity index (χ1) is 12.0. The van der Waals surface area contributed by atoms with Gasteiger partial charge in [0.2, 0.25) is 0 Å². The molecular formula is C20H38Cl2NPSiTi-2. The molecule has 1 nitrogen and oxygen atoms in total. The van der Waals surface area contributed by atoms with E-state index in [0.29, 0.717) is 0 Å². The number of fused-ring (bicyclic) bond motifs is 5. The molecule has 0 aromatic heterocycles. The Kier molecular flexibility index (Phi) is 9.56. The van der Waals surface area contributed by atoms with Crippen LogP contribution in [-0.2, 0) is 17.0 Å². The summed E-state index contributed by atoms with van der Waals surface area (Å²) in [7, 11) is 10.8. The van der Waals surface area contributed by atoms with Crippen molar-refractivity contribution in [2.45, 2.75) is 81.3 Å². The zero-order valence-corrected chi connectivity index (χ0v) is 22.3. The number of rotatable bonds is 2. The predicted molar refractivity (Wildman–Crippen MR) is 120 cm³/mol. The zero-order valence-electron chi connectivity index (χ0n) is 17.3. The van der Waals surface area contributed by atoms with Gasteiger partial charge in [-0.3, -0.25) is 0 Å². The Morgan fingerprint density at radius 3 is 2.00 bits per heavy atom. The Balaban J connectivity index is 0.000000570. The fourth-order valence-corrected chi connectivity index (χ4v) is 15.7. The van der Waals surface area contributed by atoms with Gasteiger partial charge in [0.05, 0.1) is 0 Å². The molecule has 152 valence electrons. The third kappa shape index (κ3) is 4.33. The summed E-state index contributed by atoms with van der Waals surface area (Å²) < 4.78 is 0. The van der Waals surface area contributed by atoms with Crippen molar-refractivity contribution < 1.29 is 17.0 Å². The van der Waals surface area contributed by atoms with Gasteiger partial charge in [-0.2, -0.15) is 7.05 Å². The van der Waals surface area contributed by atoms with Gasteiger partial charge in [0.15, 0.2) is 0 Å². The van der Waals surface area contributed by atoms with Gasteiger partial charge in [0, 0.05) is 0 Å². The molecule has 4 aliphatic rings. The summed E-state index contributed by atoms with van der Waals surface area (Å²) in [5, 5.41) is 0.